The molecule has 6 heteroatoms. The molecule has 1 fully saturated rings. The number of benzene rings is 1. The summed E-state index contributed by atoms with van der Waals surface area (Å²) in [5, 5.41) is 9.15. The number of nitrogens with zero attached hydrogens (tertiary/aromatic N) is 1. The van der Waals surface area contributed by atoms with E-state index in [1.807, 2.05) is 24.3 Å². The van der Waals surface area contributed by atoms with Gasteiger partial charge in [0.2, 0.25) is 5.91 Å². The predicted octanol–water partition coefficient (Wildman–Crippen LogP) is 2.73. The normalized spacial score (nSPS) is 14.5. The number of carbonyl (C=O) groups excluding carboxylic acids is 2. The Morgan fingerprint density at radius 1 is 1.11 bits per heavy atom. The van der Waals surface area contributed by atoms with Crippen molar-refractivity contribution in [3.63, 3.8) is 0 Å². The molecule has 0 radical (unpaired) electrons. The summed E-state index contributed by atoms with van der Waals surface area (Å²) < 4.78 is 0. The van der Waals surface area contributed by atoms with E-state index in [2.05, 4.69) is 20.9 Å². The number of pyridine rings is 1. The highest BCUT2D eigenvalue weighted by Gasteiger charge is 2.14. The molecule has 3 N–H and O–H groups in total. The Hall–Kier alpha value is -2.73. The van der Waals surface area contributed by atoms with E-state index in [4.69, 9.17) is 0 Å². The fourth-order valence-corrected chi connectivity index (χ4v) is 3.25. The summed E-state index contributed by atoms with van der Waals surface area (Å²) in [5.41, 5.74) is 2.00. The number of hydrogen-bond acceptors (Lipinski definition) is 4. The molecule has 2 amide bonds. The SMILES string of the molecule is O=C(CCC1CCNCC1)NCc1cccc(NC(=O)c2ccccn2)c1. The van der Waals surface area contributed by atoms with Crippen molar-refractivity contribution in [3.8, 4) is 0 Å². The van der Waals surface area contributed by atoms with Crippen LogP contribution in [0.1, 0.15) is 41.7 Å². The third-order valence-electron chi connectivity index (χ3n) is 4.81. The maximum absolute atomic E-state index is 12.2. The first-order valence-electron chi connectivity index (χ1n) is 9.49. The highest BCUT2D eigenvalue weighted by molar-refractivity contribution is 6.02. The van der Waals surface area contributed by atoms with Crippen LogP contribution in [0, 0.1) is 5.92 Å². The molecule has 27 heavy (non-hydrogen) atoms. The second-order valence-corrected chi connectivity index (χ2v) is 6.88. The molecule has 0 spiro atoms. The zero-order chi connectivity index (χ0) is 18.9. The Bertz CT molecular complexity index is 758. The number of anilines is 1. The molecule has 0 unspecified atom stereocenters. The maximum Gasteiger partial charge on any atom is 0.274 e. The molecule has 1 aromatic heterocycles. The van der Waals surface area contributed by atoms with Crippen LogP contribution in [0.3, 0.4) is 0 Å². The van der Waals surface area contributed by atoms with Gasteiger partial charge in [0.15, 0.2) is 0 Å². The zero-order valence-electron chi connectivity index (χ0n) is 15.4. The molecule has 142 valence electrons. The monoisotopic (exact) mass is 366 g/mol. The fourth-order valence-electron chi connectivity index (χ4n) is 3.25. The summed E-state index contributed by atoms with van der Waals surface area (Å²) in [6, 6.07) is 12.7. The number of hydrogen-bond donors (Lipinski definition) is 3. The van der Waals surface area contributed by atoms with E-state index in [1.165, 1.54) is 0 Å². The van der Waals surface area contributed by atoms with E-state index in [0.29, 0.717) is 30.3 Å². The van der Waals surface area contributed by atoms with Gasteiger partial charge in [-0.15, -0.1) is 0 Å². The molecular weight excluding hydrogens is 340 g/mol. The van der Waals surface area contributed by atoms with Crippen LogP contribution in [-0.4, -0.2) is 29.9 Å². The minimum Gasteiger partial charge on any atom is -0.352 e. The van der Waals surface area contributed by atoms with Gasteiger partial charge in [-0.2, -0.15) is 0 Å². The summed E-state index contributed by atoms with van der Waals surface area (Å²) in [4.78, 5) is 28.3. The molecular formula is C21H26N4O2. The molecule has 1 saturated heterocycles. The van der Waals surface area contributed by atoms with Gasteiger partial charge in [-0.25, -0.2) is 0 Å². The Balaban J connectivity index is 1.45. The van der Waals surface area contributed by atoms with E-state index in [1.54, 1.807) is 24.4 Å². The van der Waals surface area contributed by atoms with Gasteiger partial charge in [-0.3, -0.25) is 14.6 Å². The summed E-state index contributed by atoms with van der Waals surface area (Å²) in [6.45, 7) is 2.57. The van der Waals surface area contributed by atoms with Crippen molar-refractivity contribution in [2.75, 3.05) is 18.4 Å². The van der Waals surface area contributed by atoms with Crippen LogP contribution in [-0.2, 0) is 11.3 Å². The van der Waals surface area contributed by atoms with Crippen molar-refractivity contribution in [1.29, 1.82) is 0 Å². The third kappa shape index (κ3) is 6.18. The quantitative estimate of drug-likeness (QED) is 0.704. The molecule has 1 aliphatic heterocycles. The van der Waals surface area contributed by atoms with Crippen LogP contribution in [0.25, 0.3) is 0 Å². The second kappa shape index (κ2) is 9.83. The smallest absolute Gasteiger partial charge is 0.274 e. The van der Waals surface area contributed by atoms with E-state index in [-0.39, 0.29) is 11.8 Å². The standard InChI is InChI=1S/C21H26N4O2/c26-20(8-7-16-9-12-22-13-10-16)24-15-17-4-3-5-18(14-17)25-21(27)19-6-1-2-11-23-19/h1-6,11,14,16,22H,7-10,12-13,15H2,(H,24,26)(H,25,27). The van der Waals surface area contributed by atoms with Crippen LogP contribution in [0.2, 0.25) is 0 Å². The summed E-state index contributed by atoms with van der Waals surface area (Å²) >= 11 is 0. The number of nitrogens with one attached hydrogen (secondary N) is 3. The lowest BCUT2D eigenvalue weighted by molar-refractivity contribution is -0.121. The molecule has 3 rings (SSSR count). The van der Waals surface area contributed by atoms with Gasteiger partial charge in [-0.1, -0.05) is 18.2 Å². The van der Waals surface area contributed by atoms with Crippen LogP contribution in [0.5, 0.6) is 0 Å². The minimum atomic E-state index is -0.251. The number of amides is 2. The average Bonchev–Trinajstić information content (AvgIpc) is 2.72. The first-order valence-corrected chi connectivity index (χ1v) is 9.49. The topological polar surface area (TPSA) is 83.1 Å². The van der Waals surface area contributed by atoms with Gasteiger partial charge >= 0.3 is 0 Å². The molecule has 2 heterocycles. The number of carbonyl (C=O) groups is 2. The molecule has 6 nitrogen and oxygen atoms in total. The molecule has 0 atom stereocenters. The lowest BCUT2D eigenvalue weighted by atomic mass is 9.93. The number of rotatable bonds is 7. The first-order chi connectivity index (χ1) is 13.2. The van der Waals surface area contributed by atoms with Gasteiger partial charge in [0.05, 0.1) is 0 Å². The highest BCUT2D eigenvalue weighted by Crippen LogP contribution is 2.17. The molecule has 1 aliphatic rings. The van der Waals surface area contributed by atoms with E-state index < -0.39 is 0 Å². The lowest BCUT2D eigenvalue weighted by Crippen LogP contribution is -2.29. The van der Waals surface area contributed by atoms with Crippen LogP contribution in [0.15, 0.2) is 48.7 Å². The van der Waals surface area contributed by atoms with Gasteiger partial charge in [-0.05, 0) is 68.1 Å². The maximum atomic E-state index is 12.2. The molecule has 0 bridgehead atoms. The van der Waals surface area contributed by atoms with E-state index >= 15 is 0 Å². The summed E-state index contributed by atoms with van der Waals surface area (Å²) in [5.74, 6) is 0.484. The highest BCUT2D eigenvalue weighted by atomic mass is 16.2. The van der Waals surface area contributed by atoms with Gasteiger partial charge in [0, 0.05) is 24.8 Å². The van der Waals surface area contributed by atoms with E-state index in [9.17, 15) is 9.59 Å². The molecule has 2 aromatic rings. The van der Waals surface area contributed by atoms with Crippen molar-refractivity contribution in [2.45, 2.75) is 32.2 Å². The fraction of sp³-hybridized carbons (Fsp3) is 0.381. The van der Waals surface area contributed by atoms with Crippen molar-refractivity contribution in [2.24, 2.45) is 5.92 Å². The van der Waals surface area contributed by atoms with E-state index in [0.717, 1.165) is 37.9 Å². The third-order valence-corrected chi connectivity index (χ3v) is 4.81. The second-order valence-electron chi connectivity index (χ2n) is 6.88. The average molecular weight is 366 g/mol. The molecule has 1 aromatic carbocycles. The predicted molar refractivity (Wildman–Crippen MR) is 105 cm³/mol. The van der Waals surface area contributed by atoms with Gasteiger partial charge in [0.25, 0.3) is 5.91 Å². The van der Waals surface area contributed by atoms with Crippen molar-refractivity contribution in [3.05, 3.63) is 59.9 Å². The van der Waals surface area contributed by atoms with Crippen molar-refractivity contribution in [1.82, 2.24) is 15.6 Å². The Kier molecular flexibility index (Phi) is 6.93. The van der Waals surface area contributed by atoms with Crippen LogP contribution < -0.4 is 16.0 Å². The minimum absolute atomic E-state index is 0.0801. The Labute approximate surface area is 159 Å². The van der Waals surface area contributed by atoms with Gasteiger partial charge < -0.3 is 16.0 Å². The van der Waals surface area contributed by atoms with Crippen LogP contribution >= 0.6 is 0 Å². The number of piperidine rings is 1. The first kappa shape index (κ1) is 19.0. The van der Waals surface area contributed by atoms with Crippen molar-refractivity contribution >= 4 is 17.5 Å². The Morgan fingerprint density at radius 3 is 2.74 bits per heavy atom. The van der Waals surface area contributed by atoms with Crippen LogP contribution in [0.4, 0.5) is 5.69 Å². The van der Waals surface area contributed by atoms with Gasteiger partial charge in [0.1, 0.15) is 5.69 Å². The number of aromatic nitrogens is 1. The molecule has 0 aliphatic carbocycles. The lowest BCUT2D eigenvalue weighted by Gasteiger charge is -2.22. The summed E-state index contributed by atoms with van der Waals surface area (Å²) in [7, 11) is 0. The zero-order valence-corrected chi connectivity index (χ0v) is 15.4. The summed E-state index contributed by atoms with van der Waals surface area (Å²) in [6.07, 6.45) is 5.43. The largest absolute Gasteiger partial charge is 0.352 e. The molecule has 0 saturated carbocycles. The van der Waals surface area contributed by atoms with Crippen molar-refractivity contribution < 1.29 is 9.59 Å². The Morgan fingerprint density at radius 2 is 1.96 bits per heavy atom.